The highest BCUT2D eigenvalue weighted by molar-refractivity contribution is 5.82. The molecule has 1 aliphatic heterocycles. The number of carbonyl (C=O) groups excluding carboxylic acids is 1. The summed E-state index contributed by atoms with van der Waals surface area (Å²) in [5, 5.41) is 4.14. The van der Waals surface area contributed by atoms with Gasteiger partial charge < -0.3 is 15.5 Å². The number of carbonyl (C=O) groups is 1. The lowest BCUT2D eigenvalue weighted by Crippen LogP contribution is -2.57. The van der Waals surface area contributed by atoms with Gasteiger partial charge in [0.25, 0.3) is 0 Å². The Labute approximate surface area is 149 Å². The van der Waals surface area contributed by atoms with Gasteiger partial charge in [0.15, 0.2) is 0 Å². The Kier molecular flexibility index (Phi) is 4.89. The number of benzene rings is 1. The second-order valence-corrected chi connectivity index (χ2v) is 7.95. The van der Waals surface area contributed by atoms with Crippen LogP contribution in [0.3, 0.4) is 0 Å². The highest BCUT2D eigenvalue weighted by atomic mass is 16.3. The fourth-order valence-electron chi connectivity index (χ4n) is 3.53. The first-order chi connectivity index (χ1) is 11.8. The topological polar surface area (TPSA) is 71.5 Å². The number of fused-ring (bicyclic) bond motifs is 1. The molecule has 5 nitrogen and oxygen atoms in total. The van der Waals surface area contributed by atoms with Crippen molar-refractivity contribution in [2.45, 2.75) is 52.2 Å². The van der Waals surface area contributed by atoms with Crippen molar-refractivity contribution in [1.29, 1.82) is 0 Å². The van der Waals surface area contributed by atoms with Crippen molar-refractivity contribution < 1.29 is 9.21 Å². The van der Waals surface area contributed by atoms with E-state index in [0.29, 0.717) is 0 Å². The van der Waals surface area contributed by atoms with Crippen molar-refractivity contribution in [2.75, 3.05) is 13.1 Å². The number of nitrogens with zero attached hydrogens (tertiary/aromatic N) is 1. The standard InChI is InChI=1S/C20H29N3O2/c1-13(17-11-15-7-5-6-8-16(15)25-17)22-19(24)14(2)23-10-9-18(21)20(3,4)12-23/h5-8,11,13-14,18H,9-10,12,21H2,1-4H3,(H,22,24). The Hall–Kier alpha value is -1.85. The second kappa shape index (κ2) is 6.81. The molecule has 1 amide bonds. The van der Waals surface area contributed by atoms with E-state index in [-0.39, 0.29) is 29.4 Å². The fraction of sp³-hybridized carbons (Fsp3) is 0.550. The van der Waals surface area contributed by atoms with Gasteiger partial charge in [-0.25, -0.2) is 0 Å². The molecular weight excluding hydrogens is 314 g/mol. The van der Waals surface area contributed by atoms with Crippen LogP contribution in [0.5, 0.6) is 0 Å². The molecule has 0 bridgehead atoms. The summed E-state index contributed by atoms with van der Waals surface area (Å²) >= 11 is 0. The molecule has 1 aromatic carbocycles. The van der Waals surface area contributed by atoms with Gasteiger partial charge in [0.1, 0.15) is 11.3 Å². The van der Waals surface area contributed by atoms with Crippen LogP contribution >= 0.6 is 0 Å². The first-order valence-electron chi connectivity index (χ1n) is 9.06. The van der Waals surface area contributed by atoms with E-state index in [2.05, 4.69) is 24.1 Å². The third-order valence-corrected chi connectivity index (χ3v) is 5.50. The van der Waals surface area contributed by atoms with Gasteiger partial charge in [-0.1, -0.05) is 32.0 Å². The Bertz CT molecular complexity index is 719. The predicted molar refractivity (Wildman–Crippen MR) is 100 cm³/mol. The van der Waals surface area contributed by atoms with Crippen molar-refractivity contribution in [1.82, 2.24) is 10.2 Å². The molecule has 3 rings (SSSR count). The van der Waals surface area contributed by atoms with E-state index >= 15 is 0 Å². The maximum absolute atomic E-state index is 12.7. The lowest BCUT2D eigenvalue weighted by Gasteiger charge is -2.44. The quantitative estimate of drug-likeness (QED) is 0.895. The Balaban J connectivity index is 1.64. The van der Waals surface area contributed by atoms with E-state index in [4.69, 9.17) is 10.2 Å². The molecule has 1 fully saturated rings. The summed E-state index contributed by atoms with van der Waals surface area (Å²) in [7, 11) is 0. The summed E-state index contributed by atoms with van der Waals surface area (Å²) in [5.41, 5.74) is 7.08. The van der Waals surface area contributed by atoms with E-state index < -0.39 is 0 Å². The molecule has 3 unspecified atom stereocenters. The molecule has 0 aliphatic carbocycles. The zero-order chi connectivity index (χ0) is 18.2. The summed E-state index contributed by atoms with van der Waals surface area (Å²) in [6.45, 7) is 9.96. The summed E-state index contributed by atoms with van der Waals surface area (Å²) in [4.78, 5) is 14.9. The maximum Gasteiger partial charge on any atom is 0.237 e. The zero-order valence-corrected chi connectivity index (χ0v) is 15.6. The van der Waals surface area contributed by atoms with Crippen LogP contribution in [0.15, 0.2) is 34.7 Å². The number of likely N-dealkylation sites (tertiary alicyclic amines) is 1. The molecular formula is C20H29N3O2. The summed E-state index contributed by atoms with van der Waals surface area (Å²) in [6.07, 6.45) is 0.920. The molecule has 1 aliphatic rings. The fourth-order valence-corrected chi connectivity index (χ4v) is 3.53. The molecule has 3 N–H and O–H groups in total. The predicted octanol–water partition coefficient (Wildman–Crippen LogP) is 3.06. The molecule has 3 atom stereocenters. The highest BCUT2D eigenvalue weighted by Crippen LogP contribution is 2.29. The van der Waals surface area contributed by atoms with Crippen LogP contribution in [-0.4, -0.2) is 36.0 Å². The van der Waals surface area contributed by atoms with Gasteiger partial charge in [0.05, 0.1) is 12.1 Å². The number of para-hydroxylation sites is 1. The number of nitrogens with one attached hydrogen (secondary N) is 1. The van der Waals surface area contributed by atoms with Crippen LogP contribution in [0.2, 0.25) is 0 Å². The zero-order valence-electron chi connectivity index (χ0n) is 15.6. The third kappa shape index (κ3) is 3.72. The van der Waals surface area contributed by atoms with Gasteiger partial charge in [-0.05, 0) is 37.8 Å². The van der Waals surface area contributed by atoms with Gasteiger partial charge in [-0.15, -0.1) is 0 Å². The van der Waals surface area contributed by atoms with Crippen LogP contribution in [-0.2, 0) is 4.79 Å². The van der Waals surface area contributed by atoms with E-state index in [1.54, 1.807) is 0 Å². The monoisotopic (exact) mass is 343 g/mol. The van der Waals surface area contributed by atoms with Crippen molar-refractivity contribution in [3.05, 3.63) is 36.1 Å². The third-order valence-electron chi connectivity index (χ3n) is 5.50. The van der Waals surface area contributed by atoms with E-state index in [9.17, 15) is 4.79 Å². The van der Waals surface area contributed by atoms with E-state index in [1.807, 2.05) is 44.2 Å². The molecule has 5 heteroatoms. The highest BCUT2D eigenvalue weighted by Gasteiger charge is 2.36. The molecule has 0 saturated carbocycles. The lowest BCUT2D eigenvalue weighted by atomic mass is 9.79. The smallest absolute Gasteiger partial charge is 0.237 e. The number of nitrogens with two attached hydrogens (primary N) is 1. The normalized spacial score (nSPS) is 23.3. The number of hydrogen-bond donors (Lipinski definition) is 2. The number of rotatable bonds is 4. The average molecular weight is 343 g/mol. The largest absolute Gasteiger partial charge is 0.459 e. The van der Waals surface area contributed by atoms with Crippen LogP contribution in [0.4, 0.5) is 0 Å². The minimum Gasteiger partial charge on any atom is -0.459 e. The summed E-state index contributed by atoms with van der Waals surface area (Å²) in [5.74, 6) is 0.807. The number of piperidine rings is 1. The Morgan fingerprint density at radius 3 is 2.76 bits per heavy atom. The van der Waals surface area contributed by atoms with Crippen LogP contribution in [0.1, 0.15) is 45.9 Å². The average Bonchev–Trinajstić information content (AvgIpc) is 3.00. The molecule has 2 heterocycles. The summed E-state index contributed by atoms with van der Waals surface area (Å²) in [6, 6.07) is 9.72. The van der Waals surface area contributed by atoms with Gasteiger partial charge in [-0.2, -0.15) is 0 Å². The van der Waals surface area contributed by atoms with Crippen molar-refractivity contribution in [2.24, 2.45) is 11.1 Å². The van der Waals surface area contributed by atoms with Crippen molar-refractivity contribution in [3.63, 3.8) is 0 Å². The van der Waals surface area contributed by atoms with Crippen molar-refractivity contribution in [3.8, 4) is 0 Å². The van der Waals surface area contributed by atoms with E-state index in [0.717, 1.165) is 36.2 Å². The first kappa shape index (κ1) is 18.0. The molecule has 1 aromatic heterocycles. The summed E-state index contributed by atoms with van der Waals surface area (Å²) < 4.78 is 5.86. The minimum absolute atomic E-state index is 0.0249. The van der Waals surface area contributed by atoms with Crippen LogP contribution < -0.4 is 11.1 Å². The minimum atomic E-state index is -0.182. The number of hydrogen-bond acceptors (Lipinski definition) is 4. The SMILES string of the molecule is CC(NC(=O)C(C)N1CCC(N)C(C)(C)C1)c1cc2ccccc2o1. The first-order valence-corrected chi connectivity index (χ1v) is 9.06. The van der Waals surface area contributed by atoms with Gasteiger partial charge >= 0.3 is 0 Å². The lowest BCUT2D eigenvalue weighted by molar-refractivity contribution is -0.128. The maximum atomic E-state index is 12.7. The van der Waals surface area contributed by atoms with Crippen LogP contribution in [0.25, 0.3) is 11.0 Å². The van der Waals surface area contributed by atoms with Crippen molar-refractivity contribution >= 4 is 16.9 Å². The molecule has 0 spiro atoms. The Morgan fingerprint density at radius 1 is 1.36 bits per heavy atom. The molecule has 25 heavy (non-hydrogen) atoms. The van der Waals surface area contributed by atoms with E-state index in [1.165, 1.54) is 0 Å². The second-order valence-electron chi connectivity index (χ2n) is 7.95. The number of amides is 1. The van der Waals surface area contributed by atoms with Gasteiger partial charge in [-0.3, -0.25) is 9.69 Å². The van der Waals surface area contributed by atoms with Gasteiger partial charge in [0, 0.05) is 24.5 Å². The Morgan fingerprint density at radius 2 is 2.08 bits per heavy atom. The van der Waals surface area contributed by atoms with Gasteiger partial charge in [0.2, 0.25) is 5.91 Å². The van der Waals surface area contributed by atoms with Crippen LogP contribution in [0, 0.1) is 5.41 Å². The molecule has 136 valence electrons. The molecule has 1 saturated heterocycles. The molecule has 2 aromatic rings. The number of furan rings is 1. The molecule has 0 radical (unpaired) electrons.